The fourth-order valence-corrected chi connectivity index (χ4v) is 5.70. The Labute approximate surface area is 188 Å². The summed E-state index contributed by atoms with van der Waals surface area (Å²) in [5, 5.41) is 9.36. The van der Waals surface area contributed by atoms with Gasteiger partial charge in [-0.15, -0.1) is 11.3 Å². The number of anilines is 1. The molecule has 6 heteroatoms. The Balaban J connectivity index is 1.61. The fourth-order valence-electron chi connectivity index (χ4n) is 4.80. The molecule has 162 valence electrons. The van der Waals surface area contributed by atoms with Crippen LogP contribution in [0.4, 0.5) is 5.95 Å². The lowest BCUT2D eigenvalue weighted by molar-refractivity contribution is 0.101. The molecule has 0 atom stereocenters. The minimum atomic E-state index is 0.0548. The van der Waals surface area contributed by atoms with Crippen LogP contribution in [0.3, 0.4) is 0 Å². The van der Waals surface area contributed by atoms with Gasteiger partial charge in [-0.05, 0) is 76.6 Å². The Morgan fingerprint density at radius 1 is 1.13 bits per heavy atom. The van der Waals surface area contributed by atoms with Crippen molar-refractivity contribution < 1.29 is 4.79 Å². The summed E-state index contributed by atoms with van der Waals surface area (Å²) in [6.07, 6.45) is 3.83. The van der Waals surface area contributed by atoms with E-state index in [0.29, 0.717) is 12.0 Å². The second kappa shape index (κ2) is 8.17. The lowest BCUT2D eigenvalue weighted by atomic mass is 9.80. The van der Waals surface area contributed by atoms with E-state index in [0.717, 1.165) is 40.1 Å². The first-order valence-corrected chi connectivity index (χ1v) is 11.6. The molecule has 0 amide bonds. The second-order valence-electron chi connectivity index (χ2n) is 9.71. The van der Waals surface area contributed by atoms with Crippen molar-refractivity contribution in [3.8, 4) is 21.7 Å². The van der Waals surface area contributed by atoms with Crippen LogP contribution >= 0.6 is 11.3 Å². The highest BCUT2D eigenvalue weighted by atomic mass is 32.1. The second-order valence-corrected chi connectivity index (χ2v) is 10.6. The summed E-state index contributed by atoms with van der Waals surface area (Å²) in [5.74, 6) is 0.729. The predicted molar refractivity (Wildman–Crippen MR) is 129 cm³/mol. The van der Waals surface area contributed by atoms with Crippen molar-refractivity contribution in [1.29, 1.82) is 0 Å². The van der Waals surface area contributed by atoms with Gasteiger partial charge in [-0.2, -0.15) is 0 Å². The van der Waals surface area contributed by atoms with E-state index in [1.54, 1.807) is 18.3 Å². The Morgan fingerprint density at radius 3 is 2.58 bits per heavy atom. The van der Waals surface area contributed by atoms with E-state index in [9.17, 15) is 4.79 Å². The van der Waals surface area contributed by atoms with Gasteiger partial charge in [0, 0.05) is 39.3 Å². The van der Waals surface area contributed by atoms with Crippen molar-refractivity contribution in [2.24, 2.45) is 0 Å². The monoisotopic (exact) mass is 434 g/mol. The molecule has 1 aliphatic rings. The number of hydrogen-bond donors (Lipinski definition) is 2. The number of carbonyl (C=O) groups is 1. The van der Waals surface area contributed by atoms with Gasteiger partial charge in [-0.3, -0.25) is 4.79 Å². The maximum absolute atomic E-state index is 11.8. The molecule has 1 fully saturated rings. The van der Waals surface area contributed by atoms with Gasteiger partial charge in [-0.1, -0.05) is 18.2 Å². The average Bonchev–Trinajstić information content (AvgIpc) is 3.15. The van der Waals surface area contributed by atoms with Gasteiger partial charge in [0.15, 0.2) is 5.78 Å². The van der Waals surface area contributed by atoms with Crippen LogP contribution in [0.1, 0.15) is 57.8 Å². The van der Waals surface area contributed by atoms with Crippen LogP contribution < -0.4 is 10.6 Å². The van der Waals surface area contributed by atoms with Gasteiger partial charge < -0.3 is 10.6 Å². The third kappa shape index (κ3) is 5.02. The van der Waals surface area contributed by atoms with Crippen LogP contribution in [0.25, 0.3) is 21.7 Å². The normalized spacial score (nSPS) is 18.0. The van der Waals surface area contributed by atoms with Crippen molar-refractivity contribution in [1.82, 2.24) is 15.3 Å². The van der Waals surface area contributed by atoms with Gasteiger partial charge >= 0.3 is 0 Å². The van der Waals surface area contributed by atoms with E-state index >= 15 is 0 Å². The lowest BCUT2D eigenvalue weighted by Gasteiger charge is -2.46. The molecule has 0 radical (unpaired) electrons. The summed E-state index contributed by atoms with van der Waals surface area (Å²) in [6, 6.07) is 12.1. The number of nitrogens with zero attached hydrogens (tertiary/aromatic N) is 2. The van der Waals surface area contributed by atoms with Crippen molar-refractivity contribution in [2.45, 2.75) is 64.6 Å². The summed E-state index contributed by atoms with van der Waals surface area (Å²) < 4.78 is 0. The first kappa shape index (κ1) is 21.7. The van der Waals surface area contributed by atoms with E-state index in [4.69, 9.17) is 4.98 Å². The van der Waals surface area contributed by atoms with E-state index < -0.39 is 0 Å². The highest BCUT2D eigenvalue weighted by Gasteiger charge is 2.37. The largest absolute Gasteiger partial charge is 0.351 e. The zero-order chi connectivity index (χ0) is 22.2. The maximum atomic E-state index is 11.8. The Kier molecular flexibility index (Phi) is 5.71. The van der Waals surface area contributed by atoms with E-state index in [1.807, 2.05) is 36.5 Å². The fraction of sp³-hybridized carbons (Fsp3) is 0.400. The molecule has 31 heavy (non-hydrogen) atoms. The van der Waals surface area contributed by atoms with Gasteiger partial charge in [0.1, 0.15) is 0 Å². The Morgan fingerprint density at radius 2 is 1.87 bits per heavy atom. The topological polar surface area (TPSA) is 66.9 Å². The van der Waals surface area contributed by atoms with Gasteiger partial charge in [-0.25, -0.2) is 9.97 Å². The molecule has 0 unspecified atom stereocenters. The molecule has 0 aliphatic carbocycles. The summed E-state index contributed by atoms with van der Waals surface area (Å²) in [7, 11) is 0. The number of hydrogen-bond acceptors (Lipinski definition) is 6. The van der Waals surface area contributed by atoms with Crippen molar-refractivity contribution in [2.75, 3.05) is 5.32 Å². The number of nitrogens with one attached hydrogen (secondary N) is 2. The van der Waals surface area contributed by atoms with Crippen LogP contribution in [0.15, 0.2) is 48.0 Å². The molecule has 0 spiro atoms. The summed E-state index contributed by atoms with van der Waals surface area (Å²) in [4.78, 5) is 22.3. The quantitative estimate of drug-likeness (QED) is 0.497. The number of thiophene rings is 1. The standard InChI is InChI=1S/C25H30N4OS/c1-16(30)17-7-6-8-18(13-17)22-20(10-12-31-22)21-9-11-26-23(28-21)27-19-14-24(2,3)29-25(4,5)15-19/h6-13,19,29H,14-15H2,1-5H3,(H,26,27,28). The number of carbonyl (C=O) groups excluding carboxylic acids is 1. The van der Waals surface area contributed by atoms with Crippen molar-refractivity contribution >= 4 is 23.1 Å². The molecule has 1 saturated heterocycles. The van der Waals surface area contributed by atoms with Gasteiger partial charge in [0.25, 0.3) is 0 Å². The summed E-state index contributed by atoms with van der Waals surface area (Å²) in [6.45, 7) is 10.6. The number of ketones is 1. The van der Waals surface area contributed by atoms with Crippen LogP contribution in [0.2, 0.25) is 0 Å². The smallest absolute Gasteiger partial charge is 0.223 e. The molecule has 3 aromatic rings. The molecule has 0 bridgehead atoms. The maximum Gasteiger partial charge on any atom is 0.223 e. The number of piperidine rings is 1. The third-order valence-corrected chi connectivity index (χ3v) is 6.61. The number of rotatable bonds is 5. The molecule has 2 N–H and O–H groups in total. The number of benzene rings is 1. The van der Waals surface area contributed by atoms with Gasteiger partial charge in [0.2, 0.25) is 5.95 Å². The minimum absolute atomic E-state index is 0.0548. The zero-order valence-electron chi connectivity index (χ0n) is 18.8. The highest BCUT2D eigenvalue weighted by molar-refractivity contribution is 7.14. The number of aromatic nitrogens is 2. The third-order valence-electron chi connectivity index (χ3n) is 5.65. The molecular formula is C25H30N4OS. The summed E-state index contributed by atoms with van der Waals surface area (Å²) in [5.41, 5.74) is 3.81. The number of Topliss-reactive ketones (excluding diaryl/α,β-unsaturated/α-hetero) is 1. The van der Waals surface area contributed by atoms with Crippen molar-refractivity contribution in [3.63, 3.8) is 0 Å². The minimum Gasteiger partial charge on any atom is -0.351 e. The Hall–Kier alpha value is -2.57. The van der Waals surface area contributed by atoms with E-state index in [-0.39, 0.29) is 16.9 Å². The molecule has 1 aromatic carbocycles. The zero-order valence-corrected chi connectivity index (χ0v) is 19.6. The van der Waals surface area contributed by atoms with Crippen LogP contribution in [-0.4, -0.2) is 32.9 Å². The van der Waals surface area contributed by atoms with E-state index in [1.165, 1.54) is 0 Å². The van der Waals surface area contributed by atoms with Crippen LogP contribution in [-0.2, 0) is 0 Å². The molecule has 3 heterocycles. The first-order valence-electron chi connectivity index (χ1n) is 10.7. The van der Waals surface area contributed by atoms with Crippen molar-refractivity contribution in [3.05, 3.63) is 53.5 Å². The molecule has 4 rings (SSSR count). The van der Waals surface area contributed by atoms with Crippen LogP contribution in [0.5, 0.6) is 0 Å². The van der Waals surface area contributed by atoms with Gasteiger partial charge in [0.05, 0.1) is 5.69 Å². The average molecular weight is 435 g/mol. The SMILES string of the molecule is CC(=O)c1cccc(-c2sccc2-c2ccnc(NC3CC(C)(C)NC(C)(C)C3)n2)c1. The molecule has 2 aromatic heterocycles. The first-order chi connectivity index (χ1) is 14.6. The molecule has 0 saturated carbocycles. The Bertz CT molecular complexity index is 1090. The molecule has 5 nitrogen and oxygen atoms in total. The van der Waals surface area contributed by atoms with E-state index in [2.05, 4.69) is 54.8 Å². The summed E-state index contributed by atoms with van der Waals surface area (Å²) >= 11 is 1.66. The molecular weight excluding hydrogens is 404 g/mol. The highest BCUT2D eigenvalue weighted by Crippen LogP contribution is 2.37. The molecule has 1 aliphatic heterocycles. The van der Waals surface area contributed by atoms with Crippen LogP contribution in [0, 0.1) is 0 Å². The predicted octanol–water partition coefficient (Wildman–Crippen LogP) is 5.80. The lowest BCUT2D eigenvalue weighted by Crippen LogP contribution is -2.60.